The average Bonchev–Trinajstić information content (AvgIpc) is 2.68. The molecule has 104 valence electrons. The number of aromatic nitrogens is 1. The lowest BCUT2D eigenvalue weighted by Crippen LogP contribution is -2.62. The van der Waals surface area contributed by atoms with Crippen LogP contribution in [0.25, 0.3) is 0 Å². The third-order valence-corrected chi connectivity index (χ3v) is 4.66. The molecule has 1 aliphatic rings. The van der Waals surface area contributed by atoms with Gasteiger partial charge in [-0.3, -0.25) is 4.79 Å². The topological polar surface area (TPSA) is 73.7 Å². The predicted molar refractivity (Wildman–Crippen MR) is 73.1 cm³/mol. The molecule has 19 heavy (non-hydrogen) atoms. The average molecular weight is 304 g/mol. The van der Waals surface area contributed by atoms with Crippen LogP contribution >= 0.6 is 22.9 Å². The molecule has 1 saturated heterocycles. The second-order valence-electron chi connectivity index (χ2n) is 4.86. The molecule has 2 heterocycles. The first-order valence-corrected chi connectivity index (χ1v) is 6.87. The van der Waals surface area contributed by atoms with Crippen LogP contribution < -0.4 is 4.90 Å². The Morgan fingerprint density at radius 3 is 2.63 bits per heavy atom. The number of carbonyl (C=O) groups is 2. The molecule has 0 bridgehead atoms. The van der Waals surface area contributed by atoms with Crippen LogP contribution in [-0.4, -0.2) is 52.5 Å². The number of anilines is 1. The van der Waals surface area contributed by atoms with Crippen molar-refractivity contribution in [2.45, 2.75) is 19.4 Å². The number of aromatic carboxylic acids is 1. The quantitative estimate of drug-likeness (QED) is 0.897. The summed E-state index contributed by atoms with van der Waals surface area (Å²) < 4.78 is 0. The zero-order valence-corrected chi connectivity index (χ0v) is 12.4. The summed E-state index contributed by atoms with van der Waals surface area (Å²) in [7, 11) is 1.75. The van der Waals surface area contributed by atoms with Crippen molar-refractivity contribution in [1.82, 2.24) is 9.88 Å². The van der Waals surface area contributed by atoms with Gasteiger partial charge >= 0.3 is 5.97 Å². The van der Waals surface area contributed by atoms with Crippen LogP contribution in [0, 0.1) is 0 Å². The molecule has 1 aromatic rings. The van der Waals surface area contributed by atoms with Crippen LogP contribution in [0.4, 0.5) is 5.13 Å². The minimum absolute atomic E-state index is 0.00107. The number of piperazine rings is 1. The first kappa shape index (κ1) is 14.1. The smallest absolute Gasteiger partial charge is 0.349 e. The fourth-order valence-corrected chi connectivity index (χ4v) is 3.38. The fourth-order valence-electron chi connectivity index (χ4n) is 2.09. The van der Waals surface area contributed by atoms with E-state index in [0.29, 0.717) is 18.2 Å². The van der Waals surface area contributed by atoms with Gasteiger partial charge in [0.25, 0.3) is 0 Å². The Hall–Kier alpha value is -1.34. The minimum atomic E-state index is -1.10. The number of thiazole rings is 1. The summed E-state index contributed by atoms with van der Waals surface area (Å²) in [6, 6.07) is 0. The molecular formula is C11H14ClN3O3S. The summed E-state index contributed by atoms with van der Waals surface area (Å²) in [5, 5.41) is 9.43. The molecule has 0 radical (unpaired) electrons. The Labute approximate surface area is 119 Å². The number of hydrogen-bond donors (Lipinski definition) is 1. The van der Waals surface area contributed by atoms with E-state index in [4.69, 9.17) is 16.7 Å². The SMILES string of the molecule is CN1CCN(c2nc(Cl)c(C(=O)O)s2)C(C)(C)C1=O. The van der Waals surface area contributed by atoms with Gasteiger partial charge in [0.15, 0.2) is 15.2 Å². The number of amides is 1. The number of carbonyl (C=O) groups excluding carboxylic acids is 1. The lowest BCUT2D eigenvalue weighted by atomic mass is 9.99. The lowest BCUT2D eigenvalue weighted by Gasteiger charge is -2.44. The maximum absolute atomic E-state index is 12.2. The highest BCUT2D eigenvalue weighted by Gasteiger charge is 2.42. The fraction of sp³-hybridized carbons (Fsp3) is 0.545. The van der Waals surface area contributed by atoms with E-state index in [-0.39, 0.29) is 15.9 Å². The van der Waals surface area contributed by atoms with E-state index in [0.717, 1.165) is 11.3 Å². The van der Waals surface area contributed by atoms with Gasteiger partial charge in [-0.25, -0.2) is 9.78 Å². The summed E-state index contributed by atoms with van der Waals surface area (Å²) in [6.45, 7) is 4.75. The number of halogens is 1. The van der Waals surface area contributed by atoms with Crippen LogP contribution in [0.5, 0.6) is 0 Å². The van der Waals surface area contributed by atoms with Crippen molar-refractivity contribution in [2.75, 3.05) is 25.0 Å². The molecule has 1 amide bonds. The highest BCUT2D eigenvalue weighted by Crippen LogP contribution is 2.35. The van der Waals surface area contributed by atoms with Crippen LogP contribution in [0.1, 0.15) is 23.5 Å². The summed E-state index contributed by atoms with van der Waals surface area (Å²) in [4.78, 5) is 30.7. The molecule has 0 unspecified atom stereocenters. The van der Waals surface area contributed by atoms with Gasteiger partial charge < -0.3 is 14.9 Å². The van der Waals surface area contributed by atoms with Crippen molar-refractivity contribution in [3.05, 3.63) is 10.0 Å². The summed E-state index contributed by atoms with van der Waals surface area (Å²) in [5.41, 5.74) is -0.760. The van der Waals surface area contributed by atoms with Crippen molar-refractivity contribution in [2.24, 2.45) is 0 Å². The van der Waals surface area contributed by atoms with E-state index in [1.807, 2.05) is 0 Å². The molecule has 0 aromatic carbocycles. The van der Waals surface area contributed by atoms with Crippen molar-refractivity contribution in [1.29, 1.82) is 0 Å². The number of rotatable bonds is 2. The minimum Gasteiger partial charge on any atom is -0.477 e. The number of carboxylic acid groups (broad SMARTS) is 1. The zero-order chi connectivity index (χ0) is 14.4. The first-order valence-electron chi connectivity index (χ1n) is 5.68. The summed E-state index contributed by atoms with van der Waals surface area (Å²) in [5.74, 6) is -1.13. The Balaban J connectivity index is 2.39. The largest absolute Gasteiger partial charge is 0.477 e. The molecule has 2 rings (SSSR count). The van der Waals surface area contributed by atoms with Gasteiger partial charge in [0.1, 0.15) is 5.54 Å². The van der Waals surface area contributed by atoms with Gasteiger partial charge in [-0.2, -0.15) is 0 Å². The maximum atomic E-state index is 12.2. The van der Waals surface area contributed by atoms with Crippen LogP contribution in [0.2, 0.25) is 5.15 Å². The van der Waals surface area contributed by atoms with Crippen molar-refractivity contribution in [3.8, 4) is 0 Å². The van der Waals surface area contributed by atoms with E-state index in [1.54, 1.807) is 30.7 Å². The normalized spacial score (nSPS) is 18.8. The molecule has 0 aliphatic carbocycles. The number of hydrogen-bond acceptors (Lipinski definition) is 5. The van der Waals surface area contributed by atoms with E-state index < -0.39 is 11.5 Å². The van der Waals surface area contributed by atoms with Crippen LogP contribution in [-0.2, 0) is 4.79 Å². The third kappa shape index (κ3) is 2.28. The molecule has 8 heteroatoms. The highest BCUT2D eigenvalue weighted by atomic mass is 35.5. The zero-order valence-electron chi connectivity index (χ0n) is 10.8. The molecule has 1 fully saturated rings. The summed E-state index contributed by atoms with van der Waals surface area (Å²) in [6.07, 6.45) is 0. The van der Waals surface area contributed by atoms with Crippen LogP contribution in [0.3, 0.4) is 0 Å². The van der Waals surface area contributed by atoms with Crippen molar-refractivity contribution in [3.63, 3.8) is 0 Å². The lowest BCUT2D eigenvalue weighted by molar-refractivity contribution is -0.136. The standard InChI is InChI=1S/C11H14ClN3O3S/c1-11(2)9(18)14(3)4-5-15(11)10-13-7(12)6(19-10)8(16)17/h4-5H2,1-3H3,(H,16,17). The molecule has 0 saturated carbocycles. The van der Waals surface area contributed by atoms with Gasteiger partial charge in [-0.1, -0.05) is 22.9 Å². The monoisotopic (exact) mass is 303 g/mol. The number of nitrogens with zero attached hydrogens (tertiary/aromatic N) is 3. The van der Waals surface area contributed by atoms with Gasteiger partial charge in [-0.15, -0.1) is 0 Å². The Morgan fingerprint density at radius 1 is 1.47 bits per heavy atom. The van der Waals surface area contributed by atoms with Gasteiger partial charge in [0.2, 0.25) is 5.91 Å². The Bertz CT molecular complexity index is 543. The second-order valence-corrected chi connectivity index (χ2v) is 6.19. The summed E-state index contributed by atoms with van der Waals surface area (Å²) >= 11 is 6.81. The number of likely N-dealkylation sites (N-methyl/N-ethyl adjacent to an activating group) is 1. The van der Waals surface area contributed by atoms with Gasteiger partial charge in [0.05, 0.1) is 0 Å². The first-order chi connectivity index (χ1) is 8.75. The molecule has 0 spiro atoms. The van der Waals surface area contributed by atoms with E-state index >= 15 is 0 Å². The van der Waals surface area contributed by atoms with Crippen molar-refractivity contribution >= 4 is 39.9 Å². The molecule has 1 N–H and O–H groups in total. The highest BCUT2D eigenvalue weighted by molar-refractivity contribution is 7.18. The van der Waals surface area contributed by atoms with Gasteiger partial charge in [-0.05, 0) is 13.8 Å². The maximum Gasteiger partial charge on any atom is 0.349 e. The molecular weight excluding hydrogens is 290 g/mol. The second kappa shape index (κ2) is 4.64. The van der Waals surface area contributed by atoms with E-state index in [1.165, 1.54) is 0 Å². The third-order valence-electron chi connectivity index (χ3n) is 3.20. The van der Waals surface area contributed by atoms with E-state index in [9.17, 15) is 9.59 Å². The van der Waals surface area contributed by atoms with Crippen LogP contribution in [0.15, 0.2) is 0 Å². The molecule has 6 nitrogen and oxygen atoms in total. The Morgan fingerprint density at radius 2 is 2.11 bits per heavy atom. The number of carboxylic acids is 1. The predicted octanol–water partition coefficient (Wildman–Crippen LogP) is 1.55. The Kier molecular flexibility index (Phi) is 3.44. The van der Waals surface area contributed by atoms with E-state index in [2.05, 4.69) is 4.98 Å². The molecule has 1 aromatic heterocycles. The molecule has 0 atom stereocenters. The molecule has 1 aliphatic heterocycles. The van der Waals surface area contributed by atoms with Crippen molar-refractivity contribution < 1.29 is 14.7 Å². The van der Waals surface area contributed by atoms with Gasteiger partial charge in [0, 0.05) is 20.1 Å².